The maximum Gasteiger partial charge on any atom is 0.257 e. The molecule has 29 heavy (non-hydrogen) atoms. The van der Waals surface area contributed by atoms with Gasteiger partial charge in [-0.15, -0.1) is 0 Å². The van der Waals surface area contributed by atoms with Crippen LogP contribution in [0.3, 0.4) is 0 Å². The number of rotatable bonds is 9. The Bertz CT molecular complexity index is 810. The molecule has 1 aliphatic heterocycles. The van der Waals surface area contributed by atoms with Crippen LogP contribution >= 0.6 is 0 Å². The summed E-state index contributed by atoms with van der Waals surface area (Å²) in [7, 11) is 0. The van der Waals surface area contributed by atoms with E-state index in [0.717, 1.165) is 31.7 Å². The van der Waals surface area contributed by atoms with Gasteiger partial charge in [0.15, 0.2) is 11.5 Å². The molecular weight excluding hydrogens is 372 g/mol. The van der Waals surface area contributed by atoms with Crippen LogP contribution in [-0.4, -0.2) is 48.8 Å². The third kappa shape index (κ3) is 5.07. The van der Waals surface area contributed by atoms with Crippen LogP contribution in [0, 0.1) is 0 Å². The minimum atomic E-state index is -0.305. The number of amides is 1. The molecule has 2 heterocycles. The van der Waals surface area contributed by atoms with Gasteiger partial charge in [-0.05, 0) is 45.7 Å². The molecule has 1 saturated heterocycles. The quantitative estimate of drug-likeness (QED) is 0.689. The smallest absolute Gasteiger partial charge is 0.257 e. The van der Waals surface area contributed by atoms with Gasteiger partial charge in [0.2, 0.25) is 5.75 Å². The Labute approximate surface area is 171 Å². The Balaban J connectivity index is 1.85. The highest BCUT2D eigenvalue weighted by Gasteiger charge is 2.19. The fraction of sp³-hybridized carbons (Fsp3) is 0.476. The van der Waals surface area contributed by atoms with Crippen LogP contribution in [0.25, 0.3) is 0 Å². The molecule has 0 unspecified atom stereocenters. The van der Waals surface area contributed by atoms with E-state index < -0.39 is 0 Å². The lowest BCUT2D eigenvalue weighted by Gasteiger charge is -2.18. The van der Waals surface area contributed by atoms with Crippen molar-refractivity contribution in [1.29, 1.82) is 0 Å². The van der Waals surface area contributed by atoms with Crippen molar-refractivity contribution in [2.45, 2.75) is 33.6 Å². The molecular formula is C21H28N4O4. The Morgan fingerprint density at radius 1 is 0.966 bits per heavy atom. The summed E-state index contributed by atoms with van der Waals surface area (Å²) in [5, 5.41) is 2.84. The van der Waals surface area contributed by atoms with Gasteiger partial charge in [0.1, 0.15) is 18.0 Å². The number of aromatic nitrogens is 2. The average Bonchev–Trinajstić information content (AvgIpc) is 3.26. The summed E-state index contributed by atoms with van der Waals surface area (Å²) in [4.78, 5) is 23.6. The molecule has 1 fully saturated rings. The van der Waals surface area contributed by atoms with Gasteiger partial charge in [-0.3, -0.25) is 4.79 Å². The summed E-state index contributed by atoms with van der Waals surface area (Å²) in [5.41, 5.74) is 0.404. The topological polar surface area (TPSA) is 85.8 Å². The first-order chi connectivity index (χ1) is 14.2. The first-order valence-electron chi connectivity index (χ1n) is 10.1. The molecule has 3 rings (SSSR count). The van der Waals surface area contributed by atoms with E-state index in [4.69, 9.17) is 14.2 Å². The van der Waals surface area contributed by atoms with Crippen LogP contribution in [-0.2, 0) is 0 Å². The van der Waals surface area contributed by atoms with E-state index in [1.165, 1.54) is 6.33 Å². The zero-order valence-electron chi connectivity index (χ0n) is 17.2. The first kappa shape index (κ1) is 20.7. The van der Waals surface area contributed by atoms with Crippen LogP contribution in [0.1, 0.15) is 44.0 Å². The number of hydrogen-bond donors (Lipinski definition) is 1. The molecule has 156 valence electrons. The second-order valence-electron chi connectivity index (χ2n) is 6.51. The molecule has 1 amide bonds. The number of benzene rings is 1. The van der Waals surface area contributed by atoms with Crippen LogP contribution in [0.2, 0.25) is 0 Å². The minimum absolute atomic E-state index is 0.305. The van der Waals surface area contributed by atoms with Gasteiger partial charge in [0.05, 0.1) is 19.8 Å². The Morgan fingerprint density at radius 2 is 1.59 bits per heavy atom. The molecule has 1 aromatic heterocycles. The number of ether oxygens (including phenoxy) is 3. The van der Waals surface area contributed by atoms with Crippen molar-refractivity contribution in [2.75, 3.05) is 43.1 Å². The van der Waals surface area contributed by atoms with Gasteiger partial charge < -0.3 is 24.4 Å². The molecule has 1 N–H and O–H groups in total. The molecule has 2 aromatic rings. The lowest BCUT2D eigenvalue weighted by molar-refractivity contribution is 0.102. The maximum absolute atomic E-state index is 12.9. The molecule has 0 radical (unpaired) electrons. The molecule has 0 atom stereocenters. The molecule has 1 aliphatic rings. The second kappa shape index (κ2) is 9.95. The summed E-state index contributed by atoms with van der Waals surface area (Å²) in [6.45, 7) is 8.94. The highest BCUT2D eigenvalue weighted by molar-refractivity contribution is 6.04. The minimum Gasteiger partial charge on any atom is -0.490 e. The number of carbonyl (C=O) groups is 1. The third-order valence-electron chi connectivity index (χ3n) is 4.50. The Morgan fingerprint density at radius 3 is 2.17 bits per heavy atom. The fourth-order valence-electron chi connectivity index (χ4n) is 3.24. The van der Waals surface area contributed by atoms with E-state index in [-0.39, 0.29) is 5.91 Å². The Hall–Kier alpha value is -3.03. The molecule has 8 nitrogen and oxygen atoms in total. The molecule has 0 saturated carbocycles. The predicted octanol–water partition coefficient (Wildman–Crippen LogP) is 3.53. The van der Waals surface area contributed by atoms with Crippen LogP contribution in [0.5, 0.6) is 17.2 Å². The van der Waals surface area contributed by atoms with E-state index in [1.807, 2.05) is 20.8 Å². The average molecular weight is 400 g/mol. The predicted molar refractivity (Wildman–Crippen MR) is 111 cm³/mol. The van der Waals surface area contributed by atoms with Crippen molar-refractivity contribution in [1.82, 2.24) is 9.97 Å². The van der Waals surface area contributed by atoms with Gasteiger partial charge in [-0.25, -0.2) is 9.97 Å². The van der Waals surface area contributed by atoms with Crippen molar-refractivity contribution in [3.63, 3.8) is 0 Å². The van der Waals surface area contributed by atoms with Crippen LogP contribution < -0.4 is 24.4 Å². The molecule has 0 bridgehead atoms. The summed E-state index contributed by atoms with van der Waals surface area (Å²) in [6.07, 6.45) is 3.77. The lowest BCUT2D eigenvalue weighted by Crippen LogP contribution is -2.20. The largest absolute Gasteiger partial charge is 0.490 e. The van der Waals surface area contributed by atoms with Gasteiger partial charge in [0, 0.05) is 24.7 Å². The van der Waals surface area contributed by atoms with E-state index in [0.29, 0.717) is 48.5 Å². The normalized spacial score (nSPS) is 13.3. The number of anilines is 2. The van der Waals surface area contributed by atoms with Crippen molar-refractivity contribution in [3.8, 4) is 17.2 Å². The molecule has 1 aromatic carbocycles. The highest BCUT2D eigenvalue weighted by Crippen LogP contribution is 2.39. The number of nitrogens with one attached hydrogen (secondary N) is 1. The fourth-order valence-corrected chi connectivity index (χ4v) is 3.24. The molecule has 0 aliphatic carbocycles. The lowest BCUT2D eigenvalue weighted by atomic mass is 10.1. The highest BCUT2D eigenvalue weighted by atomic mass is 16.5. The van der Waals surface area contributed by atoms with E-state index >= 15 is 0 Å². The number of hydrogen-bond acceptors (Lipinski definition) is 7. The summed E-state index contributed by atoms with van der Waals surface area (Å²) in [6, 6.07) is 5.12. The summed E-state index contributed by atoms with van der Waals surface area (Å²) >= 11 is 0. The standard InChI is InChI=1S/C21H28N4O4/c1-4-27-16-11-15(12-17(28-5-2)20(16)29-6-3)21(26)24-18-13-19(23-14-22-18)25-9-7-8-10-25/h11-14H,4-10H2,1-3H3,(H,22,23,24,26). The number of nitrogens with zero attached hydrogens (tertiary/aromatic N) is 3. The molecule has 8 heteroatoms. The maximum atomic E-state index is 12.9. The molecule has 0 spiro atoms. The van der Waals surface area contributed by atoms with Crippen molar-refractivity contribution < 1.29 is 19.0 Å². The van der Waals surface area contributed by atoms with Gasteiger partial charge >= 0.3 is 0 Å². The number of carbonyl (C=O) groups excluding carboxylic acids is 1. The first-order valence-corrected chi connectivity index (χ1v) is 10.1. The van der Waals surface area contributed by atoms with Crippen molar-refractivity contribution in [2.24, 2.45) is 0 Å². The summed E-state index contributed by atoms with van der Waals surface area (Å²) in [5.74, 6) is 2.44. The zero-order valence-corrected chi connectivity index (χ0v) is 17.2. The third-order valence-corrected chi connectivity index (χ3v) is 4.50. The second-order valence-corrected chi connectivity index (χ2v) is 6.51. The van der Waals surface area contributed by atoms with Crippen LogP contribution in [0.4, 0.5) is 11.6 Å². The van der Waals surface area contributed by atoms with Crippen molar-refractivity contribution in [3.05, 3.63) is 30.1 Å². The SMILES string of the molecule is CCOc1cc(C(=O)Nc2cc(N3CCCC3)ncn2)cc(OCC)c1OCC. The van der Waals surface area contributed by atoms with E-state index in [2.05, 4.69) is 20.2 Å². The van der Waals surface area contributed by atoms with Crippen molar-refractivity contribution >= 4 is 17.5 Å². The van der Waals surface area contributed by atoms with Gasteiger partial charge in [0.25, 0.3) is 5.91 Å². The van der Waals surface area contributed by atoms with E-state index in [1.54, 1.807) is 18.2 Å². The summed E-state index contributed by atoms with van der Waals surface area (Å²) < 4.78 is 17.1. The Kier molecular flexibility index (Phi) is 7.10. The van der Waals surface area contributed by atoms with Gasteiger partial charge in [-0.2, -0.15) is 0 Å². The zero-order chi connectivity index (χ0) is 20.6. The van der Waals surface area contributed by atoms with Crippen LogP contribution in [0.15, 0.2) is 24.5 Å². The van der Waals surface area contributed by atoms with Gasteiger partial charge in [-0.1, -0.05) is 0 Å². The van der Waals surface area contributed by atoms with E-state index in [9.17, 15) is 4.79 Å². The monoisotopic (exact) mass is 400 g/mol.